The highest BCUT2D eigenvalue weighted by Gasteiger charge is 2.09. The van der Waals surface area contributed by atoms with Crippen LogP contribution in [0.1, 0.15) is 12.5 Å². The van der Waals surface area contributed by atoms with Gasteiger partial charge in [-0.05, 0) is 19.1 Å². The fourth-order valence-electron chi connectivity index (χ4n) is 1.50. The van der Waals surface area contributed by atoms with Crippen molar-refractivity contribution in [2.24, 2.45) is 0 Å². The van der Waals surface area contributed by atoms with E-state index in [2.05, 4.69) is 15.3 Å². The number of para-hydroxylation sites is 2. The molecule has 1 heterocycles. The molecule has 0 aliphatic carbocycles. The quantitative estimate of drug-likeness (QED) is 0.880. The summed E-state index contributed by atoms with van der Waals surface area (Å²) < 4.78 is 5.68. The first-order valence-electron chi connectivity index (χ1n) is 5.70. The molecule has 98 valence electrons. The maximum atomic E-state index is 11.1. The number of rotatable bonds is 3. The minimum absolute atomic E-state index is 0.137. The Labute approximate surface area is 110 Å². The molecule has 0 aliphatic rings. The number of hydrogen-bond acceptors (Lipinski definition) is 5. The van der Waals surface area contributed by atoms with E-state index >= 15 is 0 Å². The summed E-state index contributed by atoms with van der Waals surface area (Å²) >= 11 is 0. The van der Waals surface area contributed by atoms with Crippen LogP contribution in [0.2, 0.25) is 0 Å². The average molecular weight is 258 g/mol. The van der Waals surface area contributed by atoms with Crippen molar-refractivity contribution in [3.05, 3.63) is 36.0 Å². The first-order valence-corrected chi connectivity index (χ1v) is 5.70. The van der Waals surface area contributed by atoms with Crippen molar-refractivity contribution in [2.75, 3.05) is 11.1 Å². The second-order valence-corrected chi connectivity index (χ2v) is 4.00. The zero-order valence-electron chi connectivity index (χ0n) is 10.7. The van der Waals surface area contributed by atoms with Crippen LogP contribution in [0.3, 0.4) is 0 Å². The standard InChI is InChI=1S/C13H14N4O2/c1-8-7-15-13(14)17-12(8)19-11-6-4-3-5-10(11)16-9(2)18/h3-7H,1-2H3,(H,16,18)(H2,14,15,17). The smallest absolute Gasteiger partial charge is 0.227 e. The number of hydrogen-bond donors (Lipinski definition) is 2. The van der Waals surface area contributed by atoms with Crippen LogP contribution in [0.25, 0.3) is 0 Å². The Kier molecular flexibility index (Phi) is 3.61. The third-order valence-electron chi connectivity index (χ3n) is 2.35. The van der Waals surface area contributed by atoms with E-state index in [-0.39, 0.29) is 11.9 Å². The maximum Gasteiger partial charge on any atom is 0.227 e. The molecule has 0 aliphatic heterocycles. The van der Waals surface area contributed by atoms with Crippen molar-refractivity contribution in [1.29, 1.82) is 0 Å². The molecule has 0 saturated carbocycles. The van der Waals surface area contributed by atoms with Crippen molar-refractivity contribution in [3.8, 4) is 11.6 Å². The Bertz CT molecular complexity index is 613. The predicted molar refractivity (Wildman–Crippen MR) is 72.0 cm³/mol. The second-order valence-electron chi connectivity index (χ2n) is 4.00. The number of nitrogens with zero attached hydrogens (tertiary/aromatic N) is 2. The summed E-state index contributed by atoms with van der Waals surface area (Å²) in [7, 11) is 0. The Morgan fingerprint density at radius 3 is 2.84 bits per heavy atom. The van der Waals surface area contributed by atoms with Crippen molar-refractivity contribution in [3.63, 3.8) is 0 Å². The van der Waals surface area contributed by atoms with Gasteiger partial charge in [-0.1, -0.05) is 12.1 Å². The number of nitrogens with one attached hydrogen (secondary N) is 1. The lowest BCUT2D eigenvalue weighted by Gasteiger charge is -2.11. The average Bonchev–Trinajstić information content (AvgIpc) is 2.35. The van der Waals surface area contributed by atoms with Gasteiger partial charge in [-0.15, -0.1) is 0 Å². The highest BCUT2D eigenvalue weighted by molar-refractivity contribution is 5.90. The lowest BCUT2D eigenvalue weighted by Crippen LogP contribution is -2.07. The third kappa shape index (κ3) is 3.19. The normalized spacial score (nSPS) is 10.0. The van der Waals surface area contributed by atoms with E-state index in [0.29, 0.717) is 17.3 Å². The van der Waals surface area contributed by atoms with Gasteiger partial charge >= 0.3 is 0 Å². The van der Waals surface area contributed by atoms with E-state index in [1.807, 2.05) is 6.92 Å². The topological polar surface area (TPSA) is 90.1 Å². The number of aryl methyl sites for hydroxylation is 1. The molecule has 1 amide bonds. The first-order chi connectivity index (χ1) is 9.06. The summed E-state index contributed by atoms with van der Waals surface area (Å²) in [6.45, 7) is 3.25. The molecule has 6 nitrogen and oxygen atoms in total. The Morgan fingerprint density at radius 2 is 2.11 bits per heavy atom. The maximum absolute atomic E-state index is 11.1. The van der Waals surface area contributed by atoms with E-state index in [1.165, 1.54) is 6.92 Å². The molecule has 3 N–H and O–H groups in total. The molecule has 0 fully saturated rings. The van der Waals surface area contributed by atoms with Gasteiger partial charge in [0, 0.05) is 18.7 Å². The second kappa shape index (κ2) is 5.34. The van der Waals surface area contributed by atoms with E-state index in [9.17, 15) is 4.79 Å². The van der Waals surface area contributed by atoms with Gasteiger partial charge in [-0.25, -0.2) is 4.98 Å². The number of nitrogens with two attached hydrogens (primary N) is 1. The number of nitrogen functional groups attached to an aromatic ring is 1. The molecule has 1 aromatic carbocycles. The lowest BCUT2D eigenvalue weighted by atomic mass is 10.3. The van der Waals surface area contributed by atoms with Crippen LogP contribution in [0.15, 0.2) is 30.5 Å². The molecule has 0 spiro atoms. The number of benzene rings is 1. The Morgan fingerprint density at radius 1 is 1.37 bits per heavy atom. The number of aromatic nitrogens is 2. The minimum atomic E-state index is -0.171. The van der Waals surface area contributed by atoms with Crippen molar-refractivity contribution in [2.45, 2.75) is 13.8 Å². The molecule has 1 aromatic heterocycles. The summed E-state index contributed by atoms with van der Waals surface area (Å²) in [6.07, 6.45) is 1.58. The molecular formula is C13H14N4O2. The zero-order valence-corrected chi connectivity index (χ0v) is 10.7. The summed E-state index contributed by atoms with van der Waals surface area (Å²) in [4.78, 5) is 19.0. The molecular weight excluding hydrogens is 244 g/mol. The molecule has 0 saturated heterocycles. The monoisotopic (exact) mass is 258 g/mol. The van der Waals surface area contributed by atoms with Gasteiger partial charge in [-0.2, -0.15) is 4.98 Å². The molecule has 19 heavy (non-hydrogen) atoms. The SMILES string of the molecule is CC(=O)Nc1ccccc1Oc1nc(N)ncc1C. The van der Waals surface area contributed by atoms with Crippen LogP contribution in [0.5, 0.6) is 11.6 Å². The van der Waals surface area contributed by atoms with E-state index in [1.54, 1.807) is 30.5 Å². The van der Waals surface area contributed by atoms with E-state index < -0.39 is 0 Å². The molecule has 6 heteroatoms. The van der Waals surface area contributed by atoms with Crippen LogP contribution < -0.4 is 15.8 Å². The fourth-order valence-corrected chi connectivity index (χ4v) is 1.50. The predicted octanol–water partition coefficient (Wildman–Crippen LogP) is 2.12. The van der Waals surface area contributed by atoms with Gasteiger partial charge in [0.2, 0.25) is 17.7 Å². The molecule has 0 bridgehead atoms. The van der Waals surface area contributed by atoms with Gasteiger partial charge in [0.15, 0.2) is 5.75 Å². The summed E-state index contributed by atoms with van der Waals surface area (Å²) in [5.41, 5.74) is 6.86. The van der Waals surface area contributed by atoms with E-state index in [0.717, 1.165) is 5.56 Å². The van der Waals surface area contributed by atoms with Crippen LogP contribution >= 0.6 is 0 Å². The van der Waals surface area contributed by atoms with Crippen LogP contribution in [0, 0.1) is 6.92 Å². The lowest BCUT2D eigenvalue weighted by molar-refractivity contribution is -0.114. The van der Waals surface area contributed by atoms with Crippen LogP contribution in [0.4, 0.5) is 11.6 Å². The largest absolute Gasteiger partial charge is 0.436 e. The number of ether oxygens (including phenoxy) is 1. The molecule has 0 unspecified atom stereocenters. The van der Waals surface area contributed by atoms with Gasteiger partial charge < -0.3 is 15.8 Å². The fraction of sp³-hybridized carbons (Fsp3) is 0.154. The summed E-state index contributed by atoms with van der Waals surface area (Å²) in [6, 6.07) is 7.10. The zero-order chi connectivity index (χ0) is 13.8. The minimum Gasteiger partial charge on any atom is -0.436 e. The number of anilines is 2. The van der Waals surface area contributed by atoms with Crippen LogP contribution in [-0.4, -0.2) is 15.9 Å². The van der Waals surface area contributed by atoms with Gasteiger partial charge in [0.25, 0.3) is 0 Å². The molecule has 0 radical (unpaired) electrons. The highest BCUT2D eigenvalue weighted by Crippen LogP contribution is 2.29. The first kappa shape index (κ1) is 12.8. The van der Waals surface area contributed by atoms with Crippen molar-refractivity contribution < 1.29 is 9.53 Å². The summed E-state index contributed by atoms with van der Waals surface area (Å²) in [5.74, 6) is 0.830. The summed E-state index contributed by atoms with van der Waals surface area (Å²) in [5, 5.41) is 2.69. The number of amides is 1. The van der Waals surface area contributed by atoms with Crippen molar-refractivity contribution in [1.82, 2.24) is 9.97 Å². The highest BCUT2D eigenvalue weighted by atomic mass is 16.5. The molecule has 2 aromatic rings. The number of carbonyl (C=O) groups is 1. The third-order valence-corrected chi connectivity index (χ3v) is 2.35. The molecule has 2 rings (SSSR count). The van der Waals surface area contributed by atoms with Gasteiger partial charge in [0.1, 0.15) is 0 Å². The van der Waals surface area contributed by atoms with E-state index in [4.69, 9.17) is 10.5 Å². The van der Waals surface area contributed by atoms with Gasteiger partial charge in [0.05, 0.1) is 5.69 Å². The van der Waals surface area contributed by atoms with Crippen LogP contribution in [-0.2, 0) is 4.79 Å². The number of carbonyl (C=O) groups excluding carboxylic acids is 1. The molecule has 0 atom stereocenters. The Hall–Kier alpha value is -2.63. The van der Waals surface area contributed by atoms with Crippen molar-refractivity contribution >= 4 is 17.5 Å². The van der Waals surface area contributed by atoms with Gasteiger partial charge in [-0.3, -0.25) is 4.79 Å². The Balaban J connectivity index is 2.32.